The smallest absolute Gasteiger partial charge is 0.314 e. The summed E-state index contributed by atoms with van der Waals surface area (Å²) < 4.78 is 18.3. The molecule has 0 atom stereocenters. The number of aliphatic hydroxyl groups excluding tert-OH is 1. The third-order valence-electron chi connectivity index (χ3n) is 2.56. The number of hydrogen-bond donors (Lipinski definition) is 1. The van der Waals surface area contributed by atoms with Crippen LogP contribution in [-0.2, 0) is 42.9 Å². The molecule has 0 aromatic rings. The Hall–Kier alpha value is -1.63. The summed E-state index contributed by atoms with van der Waals surface area (Å²) in [4.78, 5) is 8.71. The topological polar surface area (TPSA) is 103 Å². The van der Waals surface area contributed by atoms with E-state index in [1.807, 2.05) is 0 Å². The van der Waals surface area contributed by atoms with Gasteiger partial charge in [0.25, 0.3) is 0 Å². The highest BCUT2D eigenvalue weighted by Gasteiger charge is 2.39. The number of hydrogen-bond acceptors (Lipinski definition) is 10. The second kappa shape index (κ2) is 36.5. The van der Waals surface area contributed by atoms with Crippen LogP contribution < -0.4 is 0 Å². The quantitative estimate of drug-likeness (QED) is 0.0452. The molecule has 0 aliphatic heterocycles. The molecular weight excluding hydrogens is 533 g/mol. The minimum atomic E-state index is -2.22. The molecule has 222 valence electrons. The van der Waals surface area contributed by atoms with E-state index in [1.165, 1.54) is 0 Å². The fourth-order valence-electron chi connectivity index (χ4n) is 2.25. The first-order valence-electron chi connectivity index (χ1n) is 11.2. The van der Waals surface area contributed by atoms with Crippen LogP contribution >= 0.6 is 0 Å². The lowest BCUT2D eigenvalue weighted by Gasteiger charge is -2.38. The van der Waals surface area contributed by atoms with Gasteiger partial charge in [-0.2, -0.15) is 0 Å². The summed E-state index contributed by atoms with van der Waals surface area (Å²) in [5.41, 5.74) is 0. The third-order valence-corrected chi connectivity index (χ3v) is 12.2. The van der Waals surface area contributed by atoms with Crippen LogP contribution in [0, 0.1) is 0 Å². The van der Waals surface area contributed by atoms with Gasteiger partial charge in [0.1, 0.15) is 12.9 Å². The van der Waals surface area contributed by atoms with Gasteiger partial charge in [0.2, 0.25) is 0 Å². The zero-order chi connectivity index (χ0) is 30.8. The standard InChI is InChI=1S/C14H34O10Si3.5C2H4/c1-25(2,3)23-27(7,24-26(4,5)6)14-8-10-16-12-13-18-20-22-21-19-17-11-9-15;5*1-2/h9,11,15H,8,10,12-14H2,1-7H3;5*1-2H2/b11-9-;;;;;. The average molecular weight is 587 g/mol. The molecule has 0 bridgehead atoms. The summed E-state index contributed by atoms with van der Waals surface area (Å²) in [5, 5.41) is 24.2. The van der Waals surface area contributed by atoms with Crippen LogP contribution in [0.4, 0.5) is 0 Å². The first kappa shape index (κ1) is 48.4. The number of ether oxygens (including phenoxy) is 1. The van der Waals surface area contributed by atoms with Gasteiger partial charge in [0.05, 0.1) is 6.61 Å². The SMILES string of the molecule is C=C.C=C.C=C.C=C.C=C.C[Si](C)(C)O[Si](C)(CCCOCCOOOOOO/C=C\O)O[Si](C)(C)C. The van der Waals surface area contributed by atoms with Crippen molar-refractivity contribution in [3.63, 3.8) is 0 Å². The molecule has 37 heavy (non-hydrogen) atoms. The first-order valence-corrected chi connectivity index (χ1v) is 20.5. The summed E-state index contributed by atoms with van der Waals surface area (Å²) in [6.07, 6.45) is 2.24. The van der Waals surface area contributed by atoms with Crippen LogP contribution in [-0.4, -0.2) is 50.1 Å². The van der Waals surface area contributed by atoms with Crippen LogP contribution in [0.3, 0.4) is 0 Å². The van der Waals surface area contributed by atoms with Crippen molar-refractivity contribution in [1.82, 2.24) is 0 Å². The zero-order valence-electron chi connectivity index (χ0n) is 24.4. The van der Waals surface area contributed by atoms with Gasteiger partial charge in [-0.3, -0.25) is 0 Å². The highest BCUT2D eigenvalue weighted by Crippen LogP contribution is 2.25. The van der Waals surface area contributed by atoms with Crippen molar-refractivity contribution in [3.8, 4) is 0 Å². The third kappa shape index (κ3) is 51.8. The summed E-state index contributed by atoms with van der Waals surface area (Å²) in [5.74, 6) is 0. The molecular formula is C24H54O10Si3. The molecule has 0 radical (unpaired) electrons. The molecule has 0 heterocycles. The maximum absolute atomic E-state index is 8.21. The first-order chi connectivity index (χ1) is 17.5. The fourth-order valence-corrected chi connectivity index (χ4v) is 14.8. The lowest BCUT2D eigenvalue weighted by atomic mass is 10.5. The normalized spacial score (nSPS) is 10.4. The highest BCUT2D eigenvalue weighted by atomic mass is 28.5. The minimum Gasteiger partial charge on any atom is -0.512 e. The monoisotopic (exact) mass is 586 g/mol. The average Bonchev–Trinajstić information content (AvgIpc) is 2.86. The fraction of sp³-hybridized carbons (Fsp3) is 0.500. The molecule has 10 nitrogen and oxygen atoms in total. The molecule has 0 rings (SSSR count). The van der Waals surface area contributed by atoms with Gasteiger partial charge in [-0.25, -0.2) is 4.89 Å². The molecule has 0 unspecified atom stereocenters. The van der Waals surface area contributed by atoms with E-state index in [-0.39, 0.29) is 6.61 Å². The molecule has 0 aromatic carbocycles. The maximum Gasteiger partial charge on any atom is 0.314 e. The molecule has 1 N–H and O–H groups in total. The second-order valence-corrected chi connectivity index (χ2v) is 20.6. The molecule has 0 saturated heterocycles. The molecule has 0 amide bonds. The molecule has 13 heteroatoms. The van der Waals surface area contributed by atoms with E-state index in [1.54, 1.807) is 0 Å². The van der Waals surface area contributed by atoms with Crippen molar-refractivity contribution >= 4 is 25.2 Å². The summed E-state index contributed by atoms with van der Waals surface area (Å²) in [6.45, 7) is 46.3. The molecule has 0 aliphatic carbocycles. The number of rotatable bonds is 17. The van der Waals surface area contributed by atoms with Crippen LogP contribution in [0.2, 0.25) is 51.9 Å². The van der Waals surface area contributed by atoms with Crippen molar-refractivity contribution in [2.24, 2.45) is 0 Å². The van der Waals surface area contributed by atoms with E-state index >= 15 is 0 Å². The van der Waals surface area contributed by atoms with Crippen molar-refractivity contribution < 1.29 is 48.0 Å². The molecule has 0 aliphatic rings. The Labute approximate surface area is 229 Å². The predicted molar refractivity (Wildman–Crippen MR) is 160 cm³/mol. The summed E-state index contributed by atoms with van der Waals surface area (Å²) in [6, 6.07) is 0.884. The Morgan fingerprint density at radius 2 is 1.03 bits per heavy atom. The van der Waals surface area contributed by atoms with Gasteiger partial charge in [-0.05, 0) is 68.4 Å². The van der Waals surface area contributed by atoms with Crippen molar-refractivity contribution in [2.45, 2.75) is 58.3 Å². The second-order valence-electron chi connectivity index (χ2n) is 7.75. The maximum atomic E-state index is 8.21. The zero-order valence-corrected chi connectivity index (χ0v) is 27.4. The molecule has 0 fully saturated rings. The van der Waals surface area contributed by atoms with Crippen molar-refractivity contribution in [1.29, 1.82) is 0 Å². The van der Waals surface area contributed by atoms with E-state index < -0.39 is 25.2 Å². The van der Waals surface area contributed by atoms with Crippen LogP contribution in [0.25, 0.3) is 0 Å². The number of aliphatic hydroxyl groups is 1. The van der Waals surface area contributed by atoms with Gasteiger partial charge in [-0.15, -0.1) is 65.8 Å². The Morgan fingerprint density at radius 3 is 1.43 bits per heavy atom. The lowest BCUT2D eigenvalue weighted by Crippen LogP contribution is -2.52. The van der Waals surface area contributed by atoms with Gasteiger partial charge >= 0.3 is 8.56 Å². The Bertz CT molecular complexity index is 445. The van der Waals surface area contributed by atoms with Crippen LogP contribution in [0.15, 0.2) is 78.3 Å². The highest BCUT2D eigenvalue weighted by molar-refractivity contribution is 6.87. The van der Waals surface area contributed by atoms with Crippen LogP contribution in [0.1, 0.15) is 6.42 Å². The van der Waals surface area contributed by atoms with Crippen molar-refractivity contribution in [2.75, 3.05) is 19.8 Å². The minimum absolute atomic E-state index is 0.131. The lowest BCUT2D eigenvalue weighted by molar-refractivity contribution is -0.751. The Kier molecular flexibility index (Phi) is 47.8. The Balaban J connectivity index is -0.000000213. The summed E-state index contributed by atoms with van der Waals surface area (Å²) in [7, 11) is -5.57. The van der Waals surface area contributed by atoms with Gasteiger partial charge in [0, 0.05) is 16.7 Å². The van der Waals surface area contributed by atoms with Crippen molar-refractivity contribution in [3.05, 3.63) is 78.3 Å². The summed E-state index contributed by atoms with van der Waals surface area (Å²) >= 11 is 0. The van der Waals surface area contributed by atoms with E-state index in [9.17, 15) is 0 Å². The largest absolute Gasteiger partial charge is 0.512 e. The molecule has 0 spiro atoms. The van der Waals surface area contributed by atoms with E-state index in [2.05, 4.69) is 142 Å². The Morgan fingerprint density at radius 1 is 0.595 bits per heavy atom. The predicted octanol–water partition coefficient (Wildman–Crippen LogP) is 7.88. The van der Waals surface area contributed by atoms with E-state index in [0.29, 0.717) is 19.5 Å². The molecule has 0 aromatic heterocycles. The van der Waals surface area contributed by atoms with E-state index in [0.717, 1.165) is 18.7 Å². The van der Waals surface area contributed by atoms with Crippen LogP contribution in [0.5, 0.6) is 0 Å². The molecule has 0 saturated carbocycles. The van der Waals surface area contributed by atoms with E-state index in [4.69, 9.17) is 18.1 Å². The van der Waals surface area contributed by atoms with Gasteiger partial charge in [-0.1, -0.05) is 0 Å². The van der Waals surface area contributed by atoms with Gasteiger partial charge in [0.15, 0.2) is 22.9 Å². The van der Waals surface area contributed by atoms with Gasteiger partial charge < -0.3 is 23.0 Å².